The van der Waals surface area contributed by atoms with Crippen molar-refractivity contribution in [1.82, 2.24) is 4.72 Å². The first-order valence-electron chi connectivity index (χ1n) is 5.35. The minimum Gasteiger partial charge on any atom is -0.478 e. The van der Waals surface area contributed by atoms with Crippen LogP contribution >= 0.6 is 11.3 Å². The highest BCUT2D eigenvalue weighted by Gasteiger charge is 2.40. The molecule has 6 nitrogen and oxygen atoms in total. The highest BCUT2D eigenvalue weighted by molar-refractivity contribution is 7.91. The lowest BCUT2D eigenvalue weighted by Gasteiger charge is -2.40. The van der Waals surface area contributed by atoms with Crippen LogP contribution in [-0.4, -0.2) is 36.7 Å². The van der Waals surface area contributed by atoms with Gasteiger partial charge in [-0.05, 0) is 25.3 Å². The summed E-state index contributed by atoms with van der Waals surface area (Å²) in [5.74, 6) is -1.16. The fraction of sp³-hybridized carbons (Fsp3) is 0.500. The number of carboxylic acid groups (broad SMARTS) is 1. The van der Waals surface area contributed by atoms with Crippen molar-refractivity contribution in [2.45, 2.75) is 29.0 Å². The molecule has 0 aromatic carbocycles. The number of hydrogen-bond acceptors (Lipinski definition) is 5. The lowest BCUT2D eigenvalue weighted by atomic mass is 9.78. The zero-order chi connectivity index (χ0) is 13.4. The van der Waals surface area contributed by atoms with Crippen LogP contribution in [0.3, 0.4) is 0 Å². The highest BCUT2D eigenvalue weighted by atomic mass is 32.2. The van der Waals surface area contributed by atoms with Gasteiger partial charge < -0.3 is 10.2 Å². The summed E-state index contributed by atoms with van der Waals surface area (Å²) in [5, 5.41) is 19.3. The summed E-state index contributed by atoms with van der Waals surface area (Å²) >= 11 is 0.858. The molecule has 1 aliphatic carbocycles. The first-order valence-corrected chi connectivity index (χ1v) is 7.71. The van der Waals surface area contributed by atoms with Crippen LogP contribution < -0.4 is 4.72 Å². The number of aliphatic hydroxyl groups is 1. The predicted octanol–water partition coefficient (Wildman–Crippen LogP) is 0.640. The maximum atomic E-state index is 12.0. The van der Waals surface area contributed by atoms with Gasteiger partial charge in [0.15, 0.2) is 0 Å². The van der Waals surface area contributed by atoms with Gasteiger partial charge in [0.05, 0.1) is 17.7 Å². The first-order chi connectivity index (χ1) is 8.38. The number of aromatic carboxylic acids is 1. The fourth-order valence-corrected chi connectivity index (χ4v) is 4.41. The molecule has 1 saturated carbocycles. The number of carboxylic acids is 1. The summed E-state index contributed by atoms with van der Waals surface area (Å²) in [4.78, 5) is 10.7. The molecule has 0 amide bonds. The largest absolute Gasteiger partial charge is 0.478 e. The van der Waals surface area contributed by atoms with Crippen molar-refractivity contribution in [3.8, 4) is 0 Å². The van der Waals surface area contributed by atoms with Crippen molar-refractivity contribution < 1.29 is 23.4 Å². The third kappa shape index (κ3) is 2.41. The molecule has 1 heterocycles. The van der Waals surface area contributed by atoms with Gasteiger partial charge in [-0.1, -0.05) is 0 Å². The molecule has 18 heavy (non-hydrogen) atoms. The second-order valence-electron chi connectivity index (χ2n) is 4.36. The molecule has 1 fully saturated rings. The third-order valence-corrected chi connectivity index (χ3v) is 6.07. The molecule has 3 N–H and O–H groups in total. The Labute approximate surface area is 108 Å². The van der Waals surface area contributed by atoms with Crippen LogP contribution in [0, 0.1) is 0 Å². The van der Waals surface area contributed by atoms with Gasteiger partial charge in [0.1, 0.15) is 4.21 Å². The van der Waals surface area contributed by atoms with Gasteiger partial charge in [-0.2, -0.15) is 0 Å². The number of nitrogens with one attached hydrogen (secondary N) is 1. The zero-order valence-corrected chi connectivity index (χ0v) is 11.1. The van der Waals surface area contributed by atoms with E-state index in [1.54, 1.807) is 0 Å². The Morgan fingerprint density at radius 2 is 2.17 bits per heavy atom. The Balaban J connectivity index is 2.22. The number of hydrogen-bond donors (Lipinski definition) is 3. The van der Waals surface area contributed by atoms with E-state index in [9.17, 15) is 18.3 Å². The summed E-state index contributed by atoms with van der Waals surface area (Å²) in [6, 6.07) is 1.12. The average molecular weight is 291 g/mol. The Morgan fingerprint density at radius 3 is 2.56 bits per heavy atom. The number of aliphatic hydroxyl groups excluding tert-OH is 1. The van der Waals surface area contributed by atoms with Crippen LogP contribution in [0.1, 0.15) is 29.6 Å². The van der Waals surface area contributed by atoms with E-state index in [0.29, 0.717) is 12.8 Å². The highest BCUT2D eigenvalue weighted by Crippen LogP contribution is 2.33. The predicted molar refractivity (Wildman–Crippen MR) is 65.3 cm³/mol. The Bertz CT molecular complexity index is 553. The zero-order valence-electron chi connectivity index (χ0n) is 9.42. The van der Waals surface area contributed by atoms with E-state index in [0.717, 1.165) is 23.8 Å². The summed E-state index contributed by atoms with van der Waals surface area (Å²) < 4.78 is 26.5. The number of rotatable bonds is 5. The van der Waals surface area contributed by atoms with E-state index >= 15 is 0 Å². The second-order valence-corrected chi connectivity index (χ2v) is 7.18. The van der Waals surface area contributed by atoms with Gasteiger partial charge in [0, 0.05) is 5.38 Å². The quantitative estimate of drug-likeness (QED) is 0.738. The van der Waals surface area contributed by atoms with Gasteiger partial charge in [-0.15, -0.1) is 11.3 Å². The van der Waals surface area contributed by atoms with Crippen molar-refractivity contribution in [2.24, 2.45) is 0 Å². The van der Waals surface area contributed by atoms with Crippen LogP contribution in [0.15, 0.2) is 15.7 Å². The molecule has 0 bridgehead atoms. The maximum absolute atomic E-state index is 12.0. The average Bonchev–Trinajstić information content (AvgIpc) is 2.73. The van der Waals surface area contributed by atoms with E-state index in [4.69, 9.17) is 5.11 Å². The molecule has 0 aliphatic heterocycles. The summed E-state index contributed by atoms with van der Waals surface area (Å²) in [6.45, 7) is -0.247. The van der Waals surface area contributed by atoms with Crippen LogP contribution in [0.25, 0.3) is 0 Å². The molecule has 0 atom stereocenters. The van der Waals surface area contributed by atoms with Gasteiger partial charge in [-0.25, -0.2) is 17.9 Å². The van der Waals surface area contributed by atoms with E-state index < -0.39 is 21.5 Å². The lowest BCUT2D eigenvalue weighted by molar-refractivity contribution is 0.0697. The van der Waals surface area contributed by atoms with Crippen LogP contribution in [0.2, 0.25) is 0 Å². The van der Waals surface area contributed by atoms with Gasteiger partial charge in [-0.3, -0.25) is 0 Å². The fourth-order valence-electron chi connectivity index (χ4n) is 1.80. The van der Waals surface area contributed by atoms with Crippen LogP contribution in [-0.2, 0) is 10.0 Å². The van der Waals surface area contributed by atoms with E-state index in [2.05, 4.69) is 4.72 Å². The van der Waals surface area contributed by atoms with Crippen molar-refractivity contribution in [3.05, 3.63) is 17.0 Å². The molecule has 0 radical (unpaired) electrons. The number of thiophene rings is 1. The van der Waals surface area contributed by atoms with Crippen LogP contribution in [0.5, 0.6) is 0 Å². The van der Waals surface area contributed by atoms with Gasteiger partial charge in [0.25, 0.3) is 10.0 Å². The molecule has 0 spiro atoms. The normalized spacial score (nSPS) is 18.3. The van der Waals surface area contributed by atoms with Gasteiger partial charge >= 0.3 is 5.97 Å². The minimum absolute atomic E-state index is 0.0420. The smallest absolute Gasteiger partial charge is 0.336 e. The monoisotopic (exact) mass is 291 g/mol. The minimum atomic E-state index is -3.76. The molecule has 100 valence electrons. The SMILES string of the molecule is O=C(O)c1csc(S(=O)(=O)NC2(CO)CCC2)c1. The molecular formula is C10H13NO5S2. The van der Waals surface area contributed by atoms with Crippen molar-refractivity contribution in [2.75, 3.05) is 6.61 Å². The Morgan fingerprint density at radius 1 is 1.50 bits per heavy atom. The van der Waals surface area contributed by atoms with E-state index in [-0.39, 0.29) is 16.4 Å². The maximum Gasteiger partial charge on any atom is 0.336 e. The number of sulfonamides is 1. The lowest BCUT2D eigenvalue weighted by Crippen LogP contribution is -2.55. The molecule has 0 saturated heterocycles. The Hall–Kier alpha value is -0.960. The molecule has 1 aromatic heterocycles. The molecule has 8 heteroatoms. The Kier molecular flexibility index (Phi) is 3.45. The van der Waals surface area contributed by atoms with E-state index in [1.165, 1.54) is 5.38 Å². The first kappa shape index (κ1) is 13.5. The molecule has 1 aliphatic rings. The van der Waals surface area contributed by atoms with E-state index in [1.807, 2.05) is 0 Å². The van der Waals surface area contributed by atoms with Gasteiger partial charge in [0.2, 0.25) is 0 Å². The van der Waals surface area contributed by atoms with Crippen LogP contribution in [0.4, 0.5) is 0 Å². The standard InChI is InChI=1S/C10H13NO5S2/c12-6-10(2-1-3-10)11-18(15,16)8-4-7(5-17-8)9(13)14/h4-5,11-12H,1-3,6H2,(H,13,14). The summed E-state index contributed by atoms with van der Waals surface area (Å²) in [5.41, 5.74) is -0.821. The summed E-state index contributed by atoms with van der Waals surface area (Å²) in [7, 11) is -3.76. The second kappa shape index (κ2) is 4.61. The third-order valence-electron chi connectivity index (χ3n) is 3.05. The molecular weight excluding hydrogens is 278 g/mol. The van der Waals surface area contributed by atoms with Crippen molar-refractivity contribution in [1.29, 1.82) is 0 Å². The summed E-state index contributed by atoms with van der Waals surface area (Å²) in [6.07, 6.45) is 2.06. The molecule has 2 rings (SSSR count). The van der Waals surface area contributed by atoms with Crippen molar-refractivity contribution >= 4 is 27.3 Å². The number of carbonyl (C=O) groups is 1. The topological polar surface area (TPSA) is 104 Å². The molecule has 1 aromatic rings. The van der Waals surface area contributed by atoms with Crippen molar-refractivity contribution in [3.63, 3.8) is 0 Å². The molecule has 0 unspecified atom stereocenters.